The lowest BCUT2D eigenvalue weighted by molar-refractivity contribution is 0.407. The van der Waals surface area contributed by atoms with Gasteiger partial charge in [-0.3, -0.25) is 0 Å². The first kappa shape index (κ1) is 17.7. The van der Waals surface area contributed by atoms with Gasteiger partial charge in [0.05, 0.1) is 19.0 Å². The molecule has 1 heterocycles. The number of pyridine rings is 1. The van der Waals surface area contributed by atoms with Crippen LogP contribution in [0.15, 0.2) is 72.9 Å². The highest BCUT2D eigenvalue weighted by Crippen LogP contribution is 2.24. The van der Waals surface area contributed by atoms with Crippen LogP contribution in [0, 0.1) is 0 Å². The van der Waals surface area contributed by atoms with E-state index in [1.807, 2.05) is 54.6 Å². The fourth-order valence-corrected chi connectivity index (χ4v) is 2.44. The largest absolute Gasteiger partial charge is 0.497 e. The smallest absolute Gasteiger partial charge is 0.219 e. The van der Waals surface area contributed by atoms with Gasteiger partial charge in [-0.05, 0) is 36.0 Å². The van der Waals surface area contributed by atoms with Gasteiger partial charge in [0.15, 0.2) is 5.11 Å². The SMILES string of the molecule is COc1cccc(Oc2ccc(NC(=S)NCc3ccccc3)cn2)c1. The zero-order chi connectivity index (χ0) is 18.2. The third-order valence-corrected chi connectivity index (χ3v) is 3.80. The van der Waals surface area contributed by atoms with Gasteiger partial charge in [0.1, 0.15) is 11.5 Å². The summed E-state index contributed by atoms with van der Waals surface area (Å²) < 4.78 is 10.9. The van der Waals surface area contributed by atoms with Gasteiger partial charge in [-0.15, -0.1) is 0 Å². The van der Waals surface area contributed by atoms with Gasteiger partial charge in [-0.2, -0.15) is 0 Å². The number of rotatable bonds is 6. The molecule has 2 aromatic carbocycles. The Bertz CT molecular complexity index is 854. The van der Waals surface area contributed by atoms with E-state index in [0.717, 1.165) is 17.0 Å². The van der Waals surface area contributed by atoms with Crippen molar-refractivity contribution in [1.29, 1.82) is 0 Å². The maximum Gasteiger partial charge on any atom is 0.219 e. The van der Waals surface area contributed by atoms with Crippen molar-refractivity contribution in [2.45, 2.75) is 6.54 Å². The monoisotopic (exact) mass is 365 g/mol. The van der Waals surface area contributed by atoms with E-state index in [2.05, 4.69) is 15.6 Å². The summed E-state index contributed by atoms with van der Waals surface area (Å²) >= 11 is 5.31. The van der Waals surface area contributed by atoms with Gasteiger partial charge in [0, 0.05) is 18.7 Å². The fraction of sp³-hybridized carbons (Fsp3) is 0.100. The Morgan fingerprint density at radius 3 is 2.54 bits per heavy atom. The highest BCUT2D eigenvalue weighted by molar-refractivity contribution is 7.80. The Morgan fingerprint density at radius 1 is 1.00 bits per heavy atom. The van der Waals surface area contributed by atoms with Gasteiger partial charge in [-0.1, -0.05) is 36.4 Å². The predicted octanol–water partition coefficient (Wildman–Crippen LogP) is 4.37. The molecule has 0 spiro atoms. The molecule has 0 bridgehead atoms. The van der Waals surface area contributed by atoms with Gasteiger partial charge < -0.3 is 20.1 Å². The molecule has 6 heteroatoms. The number of aromatic nitrogens is 1. The van der Waals surface area contributed by atoms with E-state index in [0.29, 0.717) is 23.3 Å². The van der Waals surface area contributed by atoms with Crippen molar-refractivity contribution in [3.05, 3.63) is 78.5 Å². The van der Waals surface area contributed by atoms with Crippen LogP contribution in [0.2, 0.25) is 0 Å². The third-order valence-electron chi connectivity index (χ3n) is 3.55. The molecule has 26 heavy (non-hydrogen) atoms. The molecule has 0 aliphatic heterocycles. The maximum atomic E-state index is 5.72. The quantitative estimate of drug-likeness (QED) is 0.633. The summed E-state index contributed by atoms with van der Waals surface area (Å²) in [4.78, 5) is 4.29. The number of nitrogens with zero attached hydrogens (tertiary/aromatic N) is 1. The molecule has 0 radical (unpaired) electrons. The summed E-state index contributed by atoms with van der Waals surface area (Å²) in [5, 5.41) is 6.80. The molecule has 5 nitrogen and oxygen atoms in total. The van der Waals surface area contributed by atoms with E-state index in [-0.39, 0.29) is 0 Å². The van der Waals surface area contributed by atoms with Crippen LogP contribution in [0.5, 0.6) is 17.4 Å². The first-order valence-corrected chi connectivity index (χ1v) is 8.50. The van der Waals surface area contributed by atoms with Gasteiger partial charge in [0.2, 0.25) is 5.88 Å². The van der Waals surface area contributed by atoms with Crippen molar-refractivity contribution in [1.82, 2.24) is 10.3 Å². The van der Waals surface area contributed by atoms with E-state index >= 15 is 0 Å². The lowest BCUT2D eigenvalue weighted by Gasteiger charge is -2.11. The number of hydrogen-bond acceptors (Lipinski definition) is 4. The molecule has 3 rings (SSSR count). The number of ether oxygens (including phenoxy) is 2. The van der Waals surface area contributed by atoms with Crippen LogP contribution < -0.4 is 20.1 Å². The van der Waals surface area contributed by atoms with Crippen LogP contribution in [-0.2, 0) is 6.54 Å². The fourth-order valence-electron chi connectivity index (χ4n) is 2.25. The maximum absolute atomic E-state index is 5.72. The zero-order valence-electron chi connectivity index (χ0n) is 14.3. The minimum atomic E-state index is 0.493. The molecule has 0 unspecified atom stereocenters. The molecule has 132 valence electrons. The van der Waals surface area contributed by atoms with Gasteiger partial charge in [-0.25, -0.2) is 4.98 Å². The summed E-state index contributed by atoms with van der Waals surface area (Å²) in [5.41, 5.74) is 1.95. The molecule has 3 aromatic rings. The molecule has 0 atom stereocenters. The molecule has 0 aliphatic rings. The van der Waals surface area contributed by atoms with Crippen LogP contribution in [0.3, 0.4) is 0 Å². The number of anilines is 1. The number of methoxy groups -OCH3 is 1. The van der Waals surface area contributed by atoms with E-state index in [4.69, 9.17) is 21.7 Å². The van der Waals surface area contributed by atoms with E-state index < -0.39 is 0 Å². The van der Waals surface area contributed by atoms with Gasteiger partial charge in [0.25, 0.3) is 0 Å². The lowest BCUT2D eigenvalue weighted by Crippen LogP contribution is -2.27. The normalized spacial score (nSPS) is 10.0. The number of hydrogen-bond donors (Lipinski definition) is 2. The first-order chi connectivity index (χ1) is 12.7. The summed E-state index contributed by atoms with van der Waals surface area (Å²) in [7, 11) is 1.62. The molecular formula is C20H19N3O2S. The van der Waals surface area contributed by atoms with Crippen LogP contribution in [-0.4, -0.2) is 17.2 Å². The second kappa shape index (κ2) is 8.82. The summed E-state index contributed by atoms with van der Waals surface area (Å²) in [6.45, 7) is 0.664. The van der Waals surface area contributed by atoms with Crippen molar-refractivity contribution in [2.75, 3.05) is 12.4 Å². The van der Waals surface area contributed by atoms with Crippen LogP contribution in [0.4, 0.5) is 5.69 Å². The van der Waals surface area contributed by atoms with Crippen LogP contribution in [0.25, 0.3) is 0 Å². The van der Waals surface area contributed by atoms with E-state index in [9.17, 15) is 0 Å². The zero-order valence-corrected chi connectivity index (χ0v) is 15.1. The van der Waals surface area contributed by atoms with Crippen molar-refractivity contribution in [3.8, 4) is 17.4 Å². The Kier molecular flexibility index (Phi) is 6.01. The lowest BCUT2D eigenvalue weighted by atomic mass is 10.2. The highest BCUT2D eigenvalue weighted by Gasteiger charge is 2.02. The third kappa shape index (κ3) is 5.19. The van der Waals surface area contributed by atoms with Crippen molar-refractivity contribution >= 4 is 23.0 Å². The number of thiocarbonyl (C=S) groups is 1. The second-order valence-electron chi connectivity index (χ2n) is 5.46. The average Bonchev–Trinajstić information content (AvgIpc) is 2.69. The van der Waals surface area contributed by atoms with Crippen molar-refractivity contribution in [2.24, 2.45) is 0 Å². The Morgan fingerprint density at radius 2 is 1.81 bits per heavy atom. The van der Waals surface area contributed by atoms with E-state index in [1.165, 1.54) is 0 Å². The predicted molar refractivity (Wildman–Crippen MR) is 107 cm³/mol. The average molecular weight is 365 g/mol. The standard InChI is InChI=1S/C20H19N3O2S/c1-24-17-8-5-9-18(12-17)25-19-11-10-16(14-21-19)23-20(26)22-13-15-6-3-2-4-7-15/h2-12,14H,13H2,1H3,(H2,22,23,26). The van der Waals surface area contributed by atoms with E-state index in [1.54, 1.807) is 25.4 Å². The number of benzene rings is 2. The second-order valence-corrected chi connectivity index (χ2v) is 5.87. The van der Waals surface area contributed by atoms with Gasteiger partial charge >= 0.3 is 0 Å². The van der Waals surface area contributed by atoms with Crippen molar-refractivity contribution < 1.29 is 9.47 Å². The number of nitrogens with one attached hydrogen (secondary N) is 2. The Labute approximate surface area is 158 Å². The Hall–Kier alpha value is -3.12. The summed E-state index contributed by atoms with van der Waals surface area (Å²) in [6.07, 6.45) is 1.67. The first-order valence-electron chi connectivity index (χ1n) is 8.10. The topological polar surface area (TPSA) is 55.4 Å². The van der Waals surface area contributed by atoms with Crippen LogP contribution in [0.1, 0.15) is 5.56 Å². The molecule has 0 saturated heterocycles. The molecule has 0 fully saturated rings. The molecular weight excluding hydrogens is 346 g/mol. The van der Waals surface area contributed by atoms with Crippen LogP contribution >= 0.6 is 12.2 Å². The summed E-state index contributed by atoms with van der Waals surface area (Å²) in [6, 6.07) is 21.1. The summed E-state index contributed by atoms with van der Waals surface area (Å²) in [5.74, 6) is 1.89. The Balaban J connectivity index is 1.53. The van der Waals surface area contributed by atoms with Crippen molar-refractivity contribution in [3.63, 3.8) is 0 Å². The molecule has 1 aromatic heterocycles. The molecule has 0 saturated carbocycles. The molecule has 0 aliphatic carbocycles. The highest BCUT2D eigenvalue weighted by atomic mass is 32.1. The molecule has 2 N–H and O–H groups in total. The molecule has 0 amide bonds. The minimum absolute atomic E-state index is 0.493. The minimum Gasteiger partial charge on any atom is -0.497 e.